The standard InChI is InChI=1S/C8H8ClNO.C8H14O2/c1-6-2-3-7(5-10-11)4-8(6)9;9-8(10)6-7-4-2-1-3-5-7/h2-5,11H,1H3;7H,1-6H2,(H,9,10). The van der Waals surface area contributed by atoms with Gasteiger partial charge in [-0.05, 0) is 42.9 Å². The zero-order valence-corrected chi connectivity index (χ0v) is 13.0. The molecule has 2 N–H and O–H groups in total. The van der Waals surface area contributed by atoms with E-state index in [0.29, 0.717) is 17.4 Å². The molecule has 0 bridgehead atoms. The molecule has 4 nitrogen and oxygen atoms in total. The van der Waals surface area contributed by atoms with E-state index in [9.17, 15) is 4.79 Å². The Hall–Kier alpha value is -1.55. The molecule has 116 valence electrons. The fourth-order valence-corrected chi connectivity index (χ4v) is 2.58. The first-order valence-electron chi connectivity index (χ1n) is 7.18. The van der Waals surface area contributed by atoms with Gasteiger partial charge in [0.05, 0.1) is 6.21 Å². The van der Waals surface area contributed by atoms with Crippen LogP contribution in [-0.2, 0) is 4.79 Å². The summed E-state index contributed by atoms with van der Waals surface area (Å²) in [7, 11) is 0. The summed E-state index contributed by atoms with van der Waals surface area (Å²) < 4.78 is 0. The van der Waals surface area contributed by atoms with Crippen LogP contribution in [0.1, 0.15) is 49.7 Å². The van der Waals surface area contributed by atoms with E-state index in [0.717, 1.165) is 24.0 Å². The van der Waals surface area contributed by atoms with E-state index in [4.69, 9.17) is 21.9 Å². The lowest BCUT2D eigenvalue weighted by Gasteiger charge is -2.18. The van der Waals surface area contributed by atoms with Crippen molar-refractivity contribution in [2.75, 3.05) is 0 Å². The minimum Gasteiger partial charge on any atom is -0.481 e. The van der Waals surface area contributed by atoms with E-state index in [1.165, 1.54) is 25.5 Å². The van der Waals surface area contributed by atoms with Crippen molar-refractivity contribution < 1.29 is 15.1 Å². The molecular formula is C16H22ClNO3. The maximum atomic E-state index is 10.3. The second kappa shape index (κ2) is 9.40. The lowest BCUT2D eigenvalue weighted by molar-refractivity contribution is -0.138. The fourth-order valence-electron chi connectivity index (χ4n) is 2.39. The highest BCUT2D eigenvalue weighted by Gasteiger charge is 2.15. The molecule has 0 saturated heterocycles. The van der Waals surface area contributed by atoms with Gasteiger partial charge in [0, 0.05) is 11.4 Å². The average Bonchev–Trinajstić information content (AvgIpc) is 2.44. The van der Waals surface area contributed by atoms with Crippen molar-refractivity contribution >= 4 is 23.8 Å². The molecule has 1 aromatic carbocycles. The quantitative estimate of drug-likeness (QED) is 0.490. The number of aryl methyl sites for hydroxylation is 1. The van der Waals surface area contributed by atoms with Gasteiger partial charge in [-0.1, -0.05) is 48.2 Å². The first-order valence-corrected chi connectivity index (χ1v) is 7.56. The van der Waals surface area contributed by atoms with Crippen molar-refractivity contribution in [2.45, 2.75) is 45.4 Å². The van der Waals surface area contributed by atoms with Crippen LogP contribution in [0.15, 0.2) is 23.4 Å². The summed E-state index contributed by atoms with van der Waals surface area (Å²) in [6, 6.07) is 5.46. The highest BCUT2D eigenvalue weighted by atomic mass is 35.5. The van der Waals surface area contributed by atoms with E-state index in [1.54, 1.807) is 6.07 Å². The molecule has 0 spiro atoms. The first kappa shape index (κ1) is 17.5. The lowest BCUT2D eigenvalue weighted by Crippen LogP contribution is -2.10. The SMILES string of the molecule is Cc1ccc(C=NO)cc1Cl.O=C(O)CC1CCCCC1. The Kier molecular flexibility index (Phi) is 7.83. The minimum atomic E-state index is -0.632. The third kappa shape index (κ3) is 7.14. The lowest BCUT2D eigenvalue weighted by atomic mass is 9.87. The van der Waals surface area contributed by atoms with E-state index >= 15 is 0 Å². The molecule has 5 heteroatoms. The fraction of sp³-hybridized carbons (Fsp3) is 0.500. The van der Waals surface area contributed by atoms with Crippen molar-refractivity contribution in [3.63, 3.8) is 0 Å². The summed E-state index contributed by atoms with van der Waals surface area (Å²) >= 11 is 5.81. The van der Waals surface area contributed by atoms with Crippen LogP contribution < -0.4 is 0 Å². The third-order valence-corrected chi connectivity index (χ3v) is 4.00. The van der Waals surface area contributed by atoms with Crippen LogP contribution in [0.25, 0.3) is 0 Å². The van der Waals surface area contributed by atoms with Gasteiger partial charge in [0.2, 0.25) is 0 Å². The van der Waals surface area contributed by atoms with Gasteiger partial charge in [-0.3, -0.25) is 4.79 Å². The molecule has 0 aliphatic heterocycles. The van der Waals surface area contributed by atoms with Gasteiger partial charge in [-0.2, -0.15) is 0 Å². The van der Waals surface area contributed by atoms with Gasteiger partial charge in [-0.25, -0.2) is 0 Å². The topological polar surface area (TPSA) is 69.9 Å². The van der Waals surface area contributed by atoms with Crippen LogP contribution in [0.5, 0.6) is 0 Å². The van der Waals surface area contributed by atoms with Crippen LogP contribution in [0.4, 0.5) is 0 Å². The molecule has 1 aliphatic rings. The Labute approximate surface area is 130 Å². The normalized spacial score (nSPS) is 15.5. The maximum absolute atomic E-state index is 10.3. The van der Waals surface area contributed by atoms with Crippen molar-refractivity contribution in [2.24, 2.45) is 11.1 Å². The van der Waals surface area contributed by atoms with Crippen molar-refractivity contribution in [3.8, 4) is 0 Å². The van der Waals surface area contributed by atoms with Gasteiger partial charge in [-0.15, -0.1) is 0 Å². The summed E-state index contributed by atoms with van der Waals surface area (Å²) in [5.41, 5.74) is 1.81. The smallest absolute Gasteiger partial charge is 0.303 e. The van der Waals surface area contributed by atoms with Crippen LogP contribution >= 0.6 is 11.6 Å². The predicted octanol–water partition coefficient (Wildman–Crippen LogP) is 4.50. The van der Waals surface area contributed by atoms with E-state index in [1.807, 2.05) is 19.1 Å². The van der Waals surface area contributed by atoms with Gasteiger partial charge in [0.25, 0.3) is 0 Å². The molecule has 2 rings (SSSR count). The molecule has 0 radical (unpaired) electrons. The molecule has 0 heterocycles. The zero-order valence-electron chi connectivity index (χ0n) is 12.3. The Morgan fingerprint density at radius 1 is 1.38 bits per heavy atom. The van der Waals surface area contributed by atoms with E-state index < -0.39 is 5.97 Å². The first-order chi connectivity index (χ1) is 10.0. The summed E-state index contributed by atoms with van der Waals surface area (Å²) in [6.07, 6.45) is 7.76. The Bertz CT molecular complexity index is 482. The van der Waals surface area contributed by atoms with Crippen LogP contribution in [0.3, 0.4) is 0 Å². The number of carbonyl (C=O) groups is 1. The predicted molar refractivity (Wildman–Crippen MR) is 84.4 cm³/mol. The molecule has 1 fully saturated rings. The van der Waals surface area contributed by atoms with Crippen molar-refractivity contribution in [3.05, 3.63) is 34.3 Å². The largest absolute Gasteiger partial charge is 0.481 e. The molecule has 0 atom stereocenters. The molecule has 0 amide bonds. The number of aliphatic carboxylic acids is 1. The van der Waals surface area contributed by atoms with E-state index in [-0.39, 0.29) is 0 Å². The van der Waals surface area contributed by atoms with Crippen LogP contribution in [0.2, 0.25) is 5.02 Å². The van der Waals surface area contributed by atoms with Crippen molar-refractivity contribution in [1.82, 2.24) is 0 Å². The number of carboxylic acid groups (broad SMARTS) is 1. The number of rotatable bonds is 3. The number of hydrogen-bond acceptors (Lipinski definition) is 3. The molecule has 1 aliphatic carbocycles. The number of halogens is 1. The average molecular weight is 312 g/mol. The molecule has 1 aromatic rings. The van der Waals surface area contributed by atoms with Gasteiger partial charge < -0.3 is 10.3 Å². The van der Waals surface area contributed by atoms with Crippen LogP contribution in [-0.4, -0.2) is 22.5 Å². The van der Waals surface area contributed by atoms with Crippen molar-refractivity contribution in [1.29, 1.82) is 0 Å². The zero-order chi connectivity index (χ0) is 15.7. The van der Waals surface area contributed by atoms with Crippen LogP contribution in [0, 0.1) is 12.8 Å². The number of benzene rings is 1. The Morgan fingerprint density at radius 3 is 2.57 bits per heavy atom. The number of carboxylic acids is 1. The summed E-state index contributed by atoms with van der Waals surface area (Å²) in [5, 5.41) is 20.2. The number of hydrogen-bond donors (Lipinski definition) is 2. The monoisotopic (exact) mass is 311 g/mol. The number of nitrogens with zero attached hydrogens (tertiary/aromatic N) is 1. The van der Waals surface area contributed by atoms with Gasteiger partial charge in [0.15, 0.2) is 0 Å². The second-order valence-electron chi connectivity index (χ2n) is 5.36. The minimum absolute atomic E-state index is 0.389. The van der Waals surface area contributed by atoms with Gasteiger partial charge in [0.1, 0.15) is 0 Å². The summed E-state index contributed by atoms with van der Waals surface area (Å²) in [4.78, 5) is 10.3. The molecule has 0 unspecified atom stereocenters. The molecular weight excluding hydrogens is 290 g/mol. The molecule has 0 aromatic heterocycles. The third-order valence-electron chi connectivity index (χ3n) is 3.59. The molecule has 21 heavy (non-hydrogen) atoms. The second-order valence-corrected chi connectivity index (χ2v) is 5.76. The van der Waals surface area contributed by atoms with E-state index in [2.05, 4.69) is 5.16 Å². The molecule has 1 saturated carbocycles. The summed E-state index contributed by atoms with van der Waals surface area (Å²) in [5.74, 6) is -0.154. The Morgan fingerprint density at radius 2 is 2.05 bits per heavy atom. The summed E-state index contributed by atoms with van der Waals surface area (Å²) in [6.45, 7) is 1.92. The highest BCUT2D eigenvalue weighted by molar-refractivity contribution is 6.31. The Balaban J connectivity index is 0.000000211. The maximum Gasteiger partial charge on any atom is 0.303 e. The van der Waals surface area contributed by atoms with Gasteiger partial charge >= 0.3 is 5.97 Å². The highest BCUT2D eigenvalue weighted by Crippen LogP contribution is 2.25. The number of oxime groups is 1.